The van der Waals surface area contributed by atoms with Gasteiger partial charge in [-0.05, 0) is 0 Å². The van der Waals surface area contributed by atoms with E-state index in [1.165, 1.54) is 0 Å². The summed E-state index contributed by atoms with van der Waals surface area (Å²) < 4.78 is 12.7. The molecule has 19 heavy (non-hydrogen) atoms. The second-order valence-corrected chi connectivity index (χ2v) is 4.51. The Labute approximate surface area is 109 Å². The highest BCUT2D eigenvalue weighted by Gasteiger charge is 2.28. The zero-order valence-corrected chi connectivity index (χ0v) is 10.7. The van der Waals surface area contributed by atoms with Crippen molar-refractivity contribution in [3.8, 4) is 0 Å². The Hall–Kier alpha value is -1.77. The van der Waals surface area contributed by atoms with Crippen molar-refractivity contribution in [2.24, 2.45) is 0 Å². The number of aliphatic hydroxyl groups excluding tert-OH is 1. The first-order valence-corrected chi connectivity index (χ1v) is 5.94. The summed E-state index contributed by atoms with van der Waals surface area (Å²) in [6, 6.07) is 0. The van der Waals surface area contributed by atoms with Gasteiger partial charge >= 0.3 is 0 Å². The van der Waals surface area contributed by atoms with Gasteiger partial charge in [0.1, 0.15) is 17.9 Å². The number of nitrogens with zero attached hydrogens (tertiary/aromatic N) is 5. The maximum Gasteiger partial charge on any atom is 0.247 e. The highest BCUT2D eigenvalue weighted by molar-refractivity contribution is 5.71. The van der Waals surface area contributed by atoms with Gasteiger partial charge in [-0.3, -0.25) is 4.57 Å². The molecule has 2 aromatic heterocycles. The monoisotopic (exact) mass is 265 g/mol. The summed E-state index contributed by atoms with van der Waals surface area (Å²) in [6.45, 7) is 0.285. The molecular weight excluding hydrogens is 250 g/mol. The molecule has 8 heteroatoms. The van der Waals surface area contributed by atoms with Crippen LogP contribution in [0.25, 0.3) is 11.2 Å². The topological polar surface area (TPSA) is 85.5 Å². The van der Waals surface area contributed by atoms with Crippen molar-refractivity contribution in [3.05, 3.63) is 12.5 Å². The van der Waals surface area contributed by atoms with E-state index in [0.717, 1.165) is 0 Å². The first kappa shape index (κ1) is 12.3. The number of rotatable bonds is 3. The molecule has 0 radical (unpaired) electrons. The number of fused-ring (bicyclic) bond motifs is 1. The van der Waals surface area contributed by atoms with E-state index >= 15 is 0 Å². The lowest BCUT2D eigenvalue weighted by Gasteiger charge is -2.13. The van der Waals surface area contributed by atoms with E-state index in [-0.39, 0.29) is 12.7 Å². The largest absolute Gasteiger partial charge is 0.394 e. The third-order valence-electron chi connectivity index (χ3n) is 2.87. The van der Waals surface area contributed by atoms with Gasteiger partial charge in [0.15, 0.2) is 5.65 Å². The third kappa shape index (κ3) is 2.14. The van der Waals surface area contributed by atoms with Gasteiger partial charge in [0.2, 0.25) is 12.4 Å². The van der Waals surface area contributed by atoms with Crippen LogP contribution in [0.1, 0.15) is 6.41 Å². The van der Waals surface area contributed by atoms with E-state index in [9.17, 15) is 0 Å². The molecule has 1 aliphatic heterocycles. The second kappa shape index (κ2) is 4.72. The van der Waals surface area contributed by atoms with Crippen LogP contribution in [0.15, 0.2) is 12.5 Å². The summed E-state index contributed by atoms with van der Waals surface area (Å²) in [4.78, 5) is 14.6. The quantitative estimate of drug-likeness (QED) is 0.819. The van der Waals surface area contributed by atoms with Crippen LogP contribution in [0.5, 0.6) is 0 Å². The Balaban J connectivity index is 1.97. The Morgan fingerprint density at radius 1 is 1.47 bits per heavy atom. The van der Waals surface area contributed by atoms with E-state index in [4.69, 9.17) is 14.6 Å². The Kier molecular flexibility index (Phi) is 3.05. The van der Waals surface area contributed by atoms with Crippen LogP contribution in [0.4, 0.5) is 5.95 Å². The van der Waals surface area contributed by atoms with Crippen molar-refractivity contribution >= 4 is 17.1 Å². The minimum atomic E-state index is -0.605. The lowest BCUT2D eigenvalue weighted by atomic mass is 10.4. The molecule has 3 rings (SSSR count). The van der Waals surface area contributed by atoms with Crippen LogP contribution in [0.2, 0.25) is 0 Å². The molecule has 1 fully saturated rings. The average Bonchev–Trinajstić information content (AvgIpc) is 3.03. The molecule has 0 saturated carbocycles. The summed E-state index contributed by atoms with van der Waals surface area (Å²) in [6.07, 6.45) is 2.35. The van der Waals surface area contributed by atoms with E-state index in [1.54, 1.807) is 17.1 Å². The van der Waals surface area contributed by atoms with E-state index in [0.29, 0.717) is 23.7 Å². The fourth-order valence-electron chi connectivity index (χ4n) is 1.86. The summed E-state index contributed by atoms with van der Waals surface area (Å²) in [5, 5.41) is 9.05. The van der Waals surface area contributed by atoms with Crippen molar-refractivity contribution in [2.75, 3.05) is 32.2 Å². The molecule has 0 unspecified atom stereocenters. The molecule has 0 bridgehead atoms. The molecule has 1 aliphatic rings. The summed E-state index contributed by atoms with van der Waals surface area (Å²) in [5.74, 6) is 0.589. The molecule has 0 amide bonds. The first-order valence-electron chi connectivity index (χ1n) is 5.94. The van der Waals surface area contributed by atoms with Crippen LogP contribution < -0.4 is 4.90 Å². The van der Waals surface area contributed by atoms with Gasteiger partial charge in [-0.25, -0.2) is 9.97 Å². The number of anilines is 1. The Bertz CT molecular complexity index is 585. The standard InChI is InChI=1S/C11H15N5O3/c1-15(2)10-12-3-8-9(14-10)16(6-13-8)11-18-5-7(4-17)19-11/h3,6-7,11,17H,4-5H2,1-2H3/t7-,11+/m1/s1. The van der Waals surface area contributed by atoms with Gasteiger partial charge in [0.05, 0.1) is 19.4 Å². The molecule has 1 saturated heterocycles. The number of ether oxygens (including phenoxy) is 2. The van der Waals surface area contributed by atoms with Crippen molar-refractivity contribution in [1.29, 1.82) is 0 Å². The highest BCUT2D eigenvalue weighted by Crippen LogP contribution is 2.24. The van der Waals surface area contributed by atoms with E-state index in [1.807, 2.05) is 19.0 Å². The first-order chi connectivity index (χ1) is 9.19. The van der Waals surface area contributed by atoms with Crippen molar-refractivity contribution in [2.45, 2.75) is 12.5 Å². The van der Waals surface area contributed by atoms with Crippen LogP contribution >= 0.6 is 0 Å². The Morgan fingerprint density at radius 2 is 2.32 bits per heavy atom. The van der Waals surface area contributed by atoms with Gasteiger partial charge < -0.3 is 19.5 Å². The maximum atomic E-state index is 9.05. The fraction of sp³-hybridized carbons (Fsp3) is 0.545. The van der Waals surface area contributed by atoms with E-state index < -0.39 is 6.41 Å². The number of hydrogen-bond acceptors (Lipinski definition) is 7. The smallest absolute Gasteiger partial charge is 0.247 e. The van der Waals surface area contributed by atoms with Gasteiger partial charge in [-0.1, -0.05) is 0 Å². The highest BCUT2D eigenvalue weighted by atomic mass is 16.7. The molecule has 0 aromatic carbocycles. The van der Waals surface area contributed by atoms with Crippen LogP contribution in [-0.4, -0.2) is 58.0 Å². The SMILES string of the molecule is CN(C)c1ncc2ncn([C@H]3OC[C@@H](CO)O3)c2n1. The fourth-order valence-corrected chi connectivity index (χ4v) is 1.86. The van der Waals surface area contributed by atoms with Gasteiger partial charge in [0, 0.05) is 14.1 Å². The van der Waals surface area contributed by atoms with Crippen molar-refractivity contribution in [3.63, 3.8) is 0 Å². The molecule has 3 heterocycles. The van der Waals surface area contributed by atoms with Gasteiger partial charge in [-0.15, -0.1) is 0 Å². The van der Waals surface area contributed by atoms with Crippen LogP contribution in [-0.2, 0) is 9.47 Å². The summed E-state index contributed by atoms with van der Waals surface area (Å²) in [7, 11) is 3.73. The molecule has 1 N–H and O–H groups in total. The lowest BCUT2D eigenvalue weighted by molar-refractivity contribution is -0.117. The Morgan fingerprint density at radius 3 is 3.00 bits per heavy atom. The number of hydrogen-bond donors (Lipinski definition) is 1. The molecule has 2 atom stereocenters. The zero-order valence-electron chi connectivity index (χ0n) is 10.7. The van der Waals surface area contributed by atoms with Crippen LogP contribution in [0, 0.1) is 0 Å². The van der Waals surface area contributed by atoms with Gasteiger partial charge in [0.25, 0.3) is 0 Å². The van der Waals surface area contributed by atoms with E-state index in [2.05, 4.69) is 15.0 Å². The second-order valence-electron chi connectivity index (χ2n) is 4.51. The molecule has 8 nitrogen and oxygen atoms in total. The summed E-state index contributed by atoms with van der Waals surface area (Å²) in [5.41, 5.74) is 1.31. The number of aliphatic hydroxyl groups is 1. The van der Waals surface area contributed by atoms with Crippen molar-refractivity contribution < 1.29 is 14.6 Å². The minimum Gasteiger partial charge on any atom is -0.394 e. The zero-order chi connectivity index (χ0) is 13.4. The van der Waals surface area contributed by atoms with Crippen LogP contribution in [0.3, 0.4) is 0 Å². The summed E-state index contributed by atoms with van der Waals surface area (Å²) >= 11 is 0. The number of aromatic nitrogens is 4. The average molecular weight is 265 g/mol. The predicted octanol–water partition coefficient (Wildman–Crippen LogP) is -0.244. The lowest BCUT2D eigenvalue weighted by Crippen LogP contribution is -2.16. The third-order valence-corrected chi connectivity index (χ3v) is 2.87. The van der Waals surface area contributed by atoms with Gasteiger partial charge in [-0.2, -0.15) is 4.98 Å². The normalized spacial score (nSPS) is 23.1. The van der Waals surface area contributed by atoms with Crippen molar-refractivity contribution in [1.82, 2.24) is 19.5 Å². The maximum absolute atomic E-state index is 9.05. The predicted molar refractivity (Wildman–Crippen MR) is 66.6 cm³/mol. The molecule has 102 valence electrons. The molecule has 2 aromatic rings. The molecule has 0 spiro atoms. The molecule has 0 aliphatic carbocycles. The minimum absolute atomic E-state index is 0.0684. The number of imidazole rings is 1. The molecular formula is C11H15N5O3.